The Hall–Kier alpha value is 0.420. The van der Waals surface area contributed by atoms with E-state index in [1.54, 1.807) is 14.7 Å². The zero-order chi connectivity index (χ0) is 18.4. The third-order valence-corrected chi connectivity index (χ3v) is 10.5. The molecule has 0 saturated heterocycles. The number of fused-ring (bicyclic) bond motifs is 5. The van der Waals surface area contributed by atoms with Crippen LogP contribution in [0.4, 0.5) is 0 Å². The van der Waals surface area contributed by atoms with Gasteiger partial charge < -0.3 is 0 Å². The summed E-state index contributed by atoms with van der Waals surface area (Å²) in [7, 11) is 0. The lowest BCUT2D eigenvalue weighted by Crippen LogP contribution is -2.29. The van der Waals surface area contributed by atoms with Gasteiger partial charge in [0.25, 0.3) is 0 Å². The highest BCUT2D eigenvalue weighted by Crippen LogP contribution is 2.66. The van der Waals surface area contributed by atoms with Crippen LogP contribution in [-0.4, -0.2) is 3.92 Å². The van der Waals surface area contributed by atoms with Gasteiger partial charge in [0.2, 0.25) is 0 Å². The molecule has 0 radical (unpaired) electrons. The van der Waals surface area contributed by atoms with Gasteiger partial charge in [-0.15, -0.1) is 0 Å². The Balaban J connectivity index is 1.59. The van der Waals surface area contributed by atoms with Crippen LogP contribution in [0.5, 0.6) is 0 Å². The highest BCUT2D eigenvalue weighted by Gasteiger charge is 2.57. The minimum absolute atomic E-state index is 0.364. The zero-order valence-electron chi connectivity index (χ0n) is 16.4. The van der Waals surface area contributed by atoms with E-state index in [1.807, 2.05) is 5.57 Å². The van der Waals surface area contributed by atoms with Gasteiger partial charge in [-0.2, -0.15) is 0 Å². The predicted octanol–water partition coefficient (Wildman–Crippen LogP) is 7.65. The predicted molar refractivity (Wildman–Crippen MR) is 128 cm³/mol. The fraction of sp³-hybridized carbons (Fsp3) is 0.667. The molecule has 2 heteroatoms. The molecule has 0 bridgehead atoms. The van der Waals surface area contributed by atoms with Crippen molar-refractivity contribution < 1.29 is 0 Å². The summed E-state index contributed by atoms with van der Waals surface area (Å²) in [5, 5.41) is 0. The minimum Gasteiger partial charge on any atom is -0.0835 e. The number of hydrogen-bond donors (Lipinski definition) is 0. The molecule has 0 aliphatic heterocycles. The zero-order valence-corrected chi connectivity index (χ0v) is 20.7. The molecule has 0 N–H and O–H groups in total. The Kier molecular flexibility index (Phi) is 4.23. The van der Waals surface area contributed by atoms with E-state index in [4.69, 9.17) is 0 Å². The van der Waals surface area contributed by atoms with Crippen LogP contribution in [0.1, 0.15) is 53.4 Å². The van der Waals surface area contributed by atoms with Gasteiger partial charge in [0.1, 0.15) is 0 Å². The Morgan fingerprint density at radius 1 is 0.962 bits per heavy atom. The van der Waals surface area contributed by atoms with E-state index in [9.17, 15) is 0 Å². The summed E-state index contributed by atoms with van der Waals surface area (Å²) < 4.78 is 2.31. The maximum atomic E-state index is 2.73. The van der Waals surface area contributed by atoms with Gasteiger partial charge in [-0.3, -0.25) is 0 Å². The Morgan fingerprint density at radius 2 is 1.73 bits per heavy atom. The van der Waals surface area contributed by atoms with Gasteiger partial charge in [0.15, 0.2) is 0 Å². The molecule has 4 unspecified atom stereocenters. The van der Waals surface area contributed by atoms with Crippen molar-refractivity contribution in [3.8, 4) is 0 Å². The van der Waals surface area contributed by atoms with Crippen molar-refractivity contribution in [3.63, 3.8) is 0 Å². The van der Waals surface area contributed by atoms with E-state index in [-0.39, 0.29) is 0 Å². The normalized spacial score (nSPS) is 44.7. The number of rotatable bonds is 0. The molecule has 5 aliphatic carbocycles. The van der Waals surface area contributed by atoms with Crippen LogP contribution in [0.2, 0.25) is 0 Å². The molecule has 0 heterocycles. The molecular weight excluding hydrogens is 542 g/mol. The maximum absolute atomic E-state index is 2.73. The molecule has 0 aromatic rings. The van der Waals surface area contributed by atoms with Gasteiger partial charge in [-0.25, -0.2) is 0 Å². The summed E-state index contributed by atoms with van der Waals surface area (Å²) in [5.74, 6) is 3.96. The van der Waals surface area contributed by atoms with Crippen LogP contribution in [0.25, 0.3) is 0 Å². The van der Waals surface area contributed by atoms with Gasteiger partial charge in [-0.1, -0.05) is 85.7 Å². The number of halogens is 2. The first-order chi connectivity index (χ1) is 12.2. The van der Waals surface area contributed by atoms with Crippen molar-refractivity contribution in [1.82, 2.24) is 0 Å². The van der Waals surface area contributed by atoms with E-state index in [2.05, 4.69) is 97.2 Å². The molecular formula is C24H30I2. The topological polar surface area (TPSA) is 0 Å². The molecule has 140 valence electrons. The molecule has 0 amide bonds. The molecule has 1 fully saturated rings. The smallest absolute Gasteiger partial charge is 0.0292 e. The van der Waals surface area contributed by atoms with Gasteiger partial charge in [0, 0.05) is 3.92 Å². The van der Waals surface area contributed by atoms with Crippen LogP contribution >= 0.6 is 45.2 Å². The van der Waals surface area contributed by atoms with Gasteiger partial charge in [-0.05, 0) is 97.8 Å². The van der Waals surface area contributed by atoms with Crippen molar-refractivity contribution in [1.29, 1.82) is 0 Å². The molecule has 0 aromatic carbocycles. The second-order valence-electron chi connectivity index (χ2n) is 10.4. The summed E-state index contributed by atoms with van der Waals surface area (Å²) in [5.41, 5.74) is 6.11. The first-order valence-corrected chi connectivity index (χ1v) is 12.7. The molecule has 0 nitrogen and oxygen atoms in total. The van der Waals surface area contributed by atoms with Gasteiger partial charge >= 0.3 is 0 Å². The molecule has 6 atom stereocenters. The third kappa shape index (κ3) is 2.42. The van der Waals surface area contributed by atoms with E-state index >= 15 is 0 Å². The lowest BCUT2D eigenvalue weighted by Gasteiger charge is -2.37. The van der Waals surface area contributed by atoms with Crippen LogP contribution in [-0.2, 0) is 0 Å². The summed E-state index contributed by atoms with van der Waals surface area (Å²) in [4.78, 5) is 0. The largest absolute Gasteiger partial charge is 0.0835 e. The van der Waals surface area contributed by atoms with E-state index in [1.165, 1.54) is 25.7 Å². The summed E-state index contributed by atoms with van der Waals surface area (Å²) in [6.45, 7) is 10.2. The molecule has 0 aromatic heterocycles. The Labute approximate surface area is 186 Å². The SMILES string of the molecule is CC1(C)C2=CC3=C(CC2C2C=C[C@@H](I)CC21)C(C)(C)C1CC(I)=CC[C@H]31. The van der Waals surface area contributed by atoms with E-state index in [0.29, 0.717) is 10.8 Å². The quantitative estimate of drug-likeness (QED) is 0.159. The van der Waals surface area contributed by atoms with Crippen molar-refractivity contribution >= 4 is 45.2 Å². The highest BCUT2D eigenvalue weighted by atomic mass is 127. The fourth-order valence-corrected chi connectivity index (χ4v) is 8.74. The summed E-state index contributed by atoms with van der Waals surface area (Å²) >= 11 is 5.22. The number of allylic oxidation sites excluding steroid dienone is 8. The first kappa shape index (κ1) is 18.4. The lowest BCUT2D eigenvalue weighted by molar-refractivity contribution is 0.215. The second-order valence-corrected chi connectivity index (χ2v) is 13.4. The molecule has 26 heavy (non-hydrogen) atoms. The monoisotopic (exact) mass is 572 g/mol. The van der Waals surface area contributed by atoms with Crippen molar-refractivity contribution in [2.45, 2.75) is 57.3 Å². The second kappa shape index (κ2) is 5.96. The first-order valence-electron chi connectivity index (χ1n) is 10.3. The highest BCUT2D eigenvalue weighted by molar-refractivity contribution is 14.1. The van der Waals surface area contributed by atoms with Crippen LogP contribution in [0.3, 0.4) is 0 Å². The molecule has 5 rings (SSSR count). The van der Waals surface area contributed by atoms with Gasteiger partial charge in [0.05, 0.1) is 0 Å². The molecule has 1 saturated carbocycles. The number of hydrogen-bond acceptors (Lipinski definition) is 0. The average molecular weight is 572 g/mol. The molecule has 5 aliphatic rings. The standard InChI is InChI=1S/C24H30I2/c1-23(2)19-9-13(25)5-7-15(19)17-12-22-18(11-21(17)23)16-8-6-14(26)10-20(16)24(22,3)4/h5-7,11,13,15-17,19-20H,8-10,12H2,1-4H3/t13-,15?,16-,17?,19?,20?/m1/s1. The van der Waals surface area contributed by atoms with Crippen molar-refractivity contribution in [3.05, 3.63) is 44.6 Å². The van der Waals surface area contributed by atoms with E-state index in [0.717, 1.165) is 33.5 Å². The summed E-state index contributed by atoms with van der Waals surface area (Å²) in [6, 6.07) is 0. The Bertz CT molecular complexity index is 776. The number of alkyl halides is 1. The summed E-state index contributed by atoms with van der Waals surface area (Å²) in [6.07, 6.45) is 15.6. The maximum Gasteiger partial charge on any atom is 0.0292 e. The van der Waals surface area contributed by atoms with Crippen molar-refractivity contribution in [2.24, 2.45) is 40.4 Å². The van der Waals surface area contributed by atoms with Crippen LogP contribution in [0.15, 0.2) is 44.6 Å². The lowest BCUT2D eigenvalue weighted by atomic mass is 9.68. The van der Waals surface area contributed by atoms with Crippen LogP contribution < -0.4 is 0 Å². The van der Waals surface area contributed by atoms with Crippen molar-refractivity contribution in [2.75, 3.05) is 0 Å². The molecule has 0 spiro atoms. The average Bonchev–Trinajstić information content (AvgIpc) is 2.93. The Morgan fingerprint density at radius 3 is 2.50 bits per heavy atom. The van der Waals surface area contributed by atoms with E-state index < -0.39 is 0 Å². The van der Waals surface area contributed by atoms with Crippen LogP contribution in [0, 0.1) is 40.4 Å². The fourth-order valence-electron chi connectivity index (χ4n) is 7.23. The minimum atomic E-state index is 0.364. The third-order valence-electron chi connectivity index (χ3n) is 8.70.